The highest BCUT2D eigenvalue weighted by molar-refractivity contribution is 6.00. The highest BCUT2D eigenvalue weighted by Crippen LogP contribution is 2.15. The lowest BCUT2D eigenvalue weighted by molar-refractivity contribution is -0.146. The molecule has 142 valence electrons. The van der Waals surface area contributed by atoms with Gasteiger partial charge in [0.25, 0.3) is 0 Å². The van der Waals surface area contributed by atoms with E-state index in [9.17, 15) is 14.4 Å². The number of nitrogens with one attached hydrogen (secondary N) is 1. The molecule has 2 aromatic carbocycles. The molecule has 0 bridgehead atoms. The van der Waals surface area contributed by atoms with Crippen molar-refractivity contribution in [1.29, 1.82) is 0 Å². The van der Waals surface area contributed by atoms with Gasteiger partial charge in [-0.1, -0.05) is 48.5 Å². The zero-order valence-corrected chi connectivity index (χ0v) is 15.6. The minimum atomic E-state index is -0.778. The van der Waals surface area contributed by atoms with Gasteiger partial charge < -0.3 is 15.0 Å². The zero-order chi connectivity index (χ0) is 19.6. The summed E-state index contributed by atoms with van der Waals surface area (Å²) < 4.78 is 4.89. The van der Waals surface area contributed by atoms with E-state index in [-0.39, 0.29) is 25.5 Å². The van der Waals surface area contributed by atoms with Crippen LogP contribution in [0.3, 0.4) is 0 Å². The van der Waals surface area contributed by atoms with Gasteiger partial charge in [-0.05, 0) is 31.5 Å². The van der Waals surface area contributed by atoms with Crippen LogP contribution in [0.4, 0.5) is 5.69 Å². The summed E-state index contributed by atoms with van der Waals surface area (Å²) in [5, 5.41) is 2.58. The predicted octanol–water partition coefficient (Wildman–Crippen LogP) is 2.33. The average molecular weight is 368 g/mol. The maximum Gasteiger partial charge on any atom is 0.328 e. The van der Waals surface area contributed by atoms with Crippen LogP contribution in [0.1, 0.15) is 19.4 Å². The molecule has 0 radical (unpaired) electrons. The van der Waals surface area contributed by atoms with Gasteiger partial charge in [-0.25, -0.2) is 4.79 Å². The van der Waals surface area contributed by atoms with E-state index in [1.165, 1.54) is 4.90 Å². The minimum absolute atomic E-state index is 0.177. The number of nitrogens with zero attached hydrogens (tertiary/aromatic N) is 1. The van der Waals surface area contributed by atoms with Crippen molar-refractivity contribution in [3.63, 3.8) is 0 Å². The molecule has 0 saturated carbocycles. The van der Waals surface area contributed by atoms with Gasteiger partial charge in [-0.3, -0.25) is 9.59 Å². The Balaban J connectivity index is 2.10. The number of benzene rings is 2. The predicted molar refractivity (Wildman–Crippen MR) is 103 cm³/mol. The minimum Gasteiger partial charge on any atom is -0.464 e. The fourth-order valence-electron chi connectivity index (χ4n) is 2.55. The number of hydrogen-bond donors (Lipinski definition) is 1. The first-order valence-electron chi connectivity index (χ1n) is 8.86. The second-order valence-electron chi connectivity index (χ2n) is 6.02. The van der Waals surface area contributed by atoms with Crippen molar-refractivity contribution in [2.45, 2.75) is 26.3 Å². The Labute approximate surface area is 159 Å². The van der Waals surface area contributed by atoms with Crippen molar-refractivity contribution in [3.05, 3.63) is 66.2 Å². The smallest absolute Gasteiger partial charge is 0.328 e. The van der Waals surface area contributed by atoms with Gasteiger partial charge in [-0.2, -0.15) is 0 Å². The number of esters is 1. The molecule has 2 rings (SSSR count). The molecule has 6 nitrogen and oxygen atoms in total. The summed E-state index contributed by atoms with van der Waals surface area (Å²) in [7, 11) is 0. The molecule has 0 aromatic heterocycles. The van der Waals surface area contributed by atoms with E-state index in [0.717, 1.165) is 5.56 Å². The number of amides is 2. The quantitative estimate of drug-likeness (QED) is 0.726. The summed E-state index contributed by atoms with van der Waals surface area (Å²) in [5.74, 6) is -1.14. The van der Waals surface area contributed by atoms with Gasteiger partial charge in [-0.15, -0.1) is 0 Å². The van der Waals surface area contributed by atoms with E-state index in [0.29, 0.717) is 5.69 Å². The summed E-state index contributed by atoms with van der Waals surface area (Å²) in [5.41, 5.74) is 1.49. The summed E-state index contributed by atoms with van der Waals surface area (Å²) in [6.45, 7) is 3.31. The monoisotopic (exact) mass is 368 g/mol. The summed E-state index contributed by atoms with van der Waals surface area (Å²) in [6, 6.07) is 17.5. The van der Waals surface area contributed by atoms with E-state index in [1.807, 2.05) is 36.4 Å². The molecule has 2 amide bonds. The molecule has 0 unspecified atom stereocenters. The third-order valence-electron chi connectivity index (χ3n) is 3.89. The third kappa shape index (κ3) is 6.26. The second-order valence-corrected chi connectivity index (χ2v) is 6.02. The lowest BCUT2D eigenvalue weighted by atomic mass is 10.1. The van der Waals surface area contributed by atoms with Gasteiger partial charge in [0, 0.05) is 5.69 Å². The Bertz CT molecular complexity index is 762. The molecule has 6 heteroatoms. The molecule has 1 atom stereocenters. The number of carbonyl (C=O) groups excluding carboxylic acids is 3. The zero-order valence-electron chi connectivity index (χ0n) is 15.6. The largest absolute Gasteiger partial charge is 0.464 e. The Morgan fingerprint density at radius 1 is 1.00 bits per heavy atom. The molecule has 1 N–H and O–H groups in total. The first-order valence-corrected chi connectivity index (χ1v) is 8.86. The Morgan fingerprint density at radius 3 is 2.19 bits per heavy atom. The summed E-state index contributed by atoms with van der Waals surface area (Å²) in [4.78, 5) is 38.3. The Morgan fingerprint density at radius 2 is 1.59 bits per heavy atom. The molecule has 0 heterocycles. The highest BCUT2D eigenvalue weighted by atomic mass is 16.5. The van der Waals surface area contributed by atoms with Gasteiger partial charge in [0.05, 0.1) is 13.0 Å². The number of rotatable bonds is 8. The van der Waals surface area contributed by atoms with E-state index >= 15 is 0 Å². The first kappa shape index (κ1) is 20.2. The molecule has 27 heavy (non-hydrogen) atoms. The molecule has 0 aliphatic heterocycles. The number of para-hydroxylation sites is 1. The Hall–Kier alpha value is -3.15. The topological polar surface area (TPSA) is 75.7 Å². The maximum atomic E-state index is 12.8. The van der Waals surface area contributed by atoms with E-state index in [2.05, 4.69) is 5.32 Å². The average Bonchev–Trinajstić information content (AvgIpc) is 2.67. The van der Waals surface area contributed by atoms with E-state index in [1.54, 1.807) is 38.1 Å². The molecular weight excluding hydrogens is 344 g/mol. The molecule has 0 saturated heterocycles. The van der Waals surface area contributed by atoms with Gasteiger partial charge in [0.2, 0.25) is 11.8 Å². The van der Waals surface area contributed by atoms with Gasteiger partial charge in [0.15, 0.2) is 0 Å². The Kier molecular flexibility index (Phi) is 7.55. The summed E-state index contributed by atoms with van der Waals surface area (Å²) >= 11 is 0. The number of carbonyl (C=O) groups is 3. The van der Waals surface area contributed by atoms with Crippen LogP contribution in [-0.2, 0) is 25.5 Å². The van der Waals surface area contributed by atoms with Crippen LogP contribution in [0.5, 0.6) is 0 Å². The fourth-order valence-corrected chi connectivity index (χ4v) is 2.55. The van der Waals surface area contributed by atoms with Crippen LogP contribution in [0, 0.1) is 0 Å². The molecule has 2 aromatic rings. The molecule has 0 aliphatic carbocycles. The van der Waals surface area contributed by atoms with Crippen LogP contribution < -0.4 is 10.2 Å². The van der Waals surface area contributed by atoms with Crippen molar-refractivity contribution >= 4 is 23.5 Å². The van der Waals surface area contributed by atoms with Gasteiger partial charge in [0.1, 0.15) is 12.6 Å². The molecule has 0 aliphatic rings. The highest BCUT2D eigenvalue weighted by Gasteiger charge is 2.22. The number of ether oxygens (including phenoxy) is 1. The van der Waals surface area contributed by atoms with Crippen LogP contribution in [0.2, 0.25) is 0 Å². The van der Waals surface area contributed by atoms with Crippen molar-refractivity contribution < 1.29 is 19.1 Å². The SMILES string of the molecule is CCOC(=O)[C@H](C)NC(=O)CN(C(=O)Cc1ccccc1)c1ccccc1. The standard InChI is InChI=1S/C21H24N2O4/c1-3-27-21(26)16(2)22-19(24)15-23(18-12-8-5-9-13-18)20(25)14-17-10-6-4-7-11-17/h4-13,16H,3,14-15H2,1-2H3,(H,22,24)/t16-/m0/s1. The lowest BCUT2D eigenvalue weighted by Gasteiger charge is -2.23. The maximum absolute atomic E-state index is 12.8. The van der Waals surface area contributed by atoms with E-state index < -0.39 is 17.9 Å². The fraction of sp³-hybridized carbons (Fsp3) is 0.286. The first-order chi connectivity index (χ1) is 13.0. The normalized spacial score (nSPS) is 11.3. The van der Waals surface area contributed by atoms with Crippen molar-refractivity contribution in [3.8, 4) is 0 Å². The van der Waals surface area contributed by atoms with Gasteiger partial charge >= 0.3 is 5.97 Å². The van der Waals surface area contributed by atoms with Crippen LogP contribution >= 0.6 is 0 Å². The molecule has 0 fully saturated rings. The van der Waals surface area contributed by atoms with Crippen molar-refractivity contribution in [2.24, 2.45) is 0 Å². The van der Waals surface area contributed by atoms with Crippen LogP contribution in [0.15, 0.2) is 60.7 Å². The number of anilines is 1. The lowest BCUT2D eigenvalue weighted by Crippen LogP contribution is -2.46. The van der Waals surface area contributed by atoms with Crippen LogP contribution in [0.25, 0.3) is 0 Å². The number of hydrogen-bond acceptors (Lipinski definition) is 4. The van der Waals surface area contributed by atoms with Crippen molar-refractivity contribution in [1.82, 2.24) is 5.32 Å². The summed E-state index contributed by atoms with van der Waals surface area (Å²) in [6.07, 6.45) is 0.177. The van der Waals surface area contributed by atoms with Crippen LogP contribution in [-0.4, -0.2) is 37.0 Å². The molecule has 0 spiro atoms. The molecular formula is C21H24N2O4. The second kappa shape index (κ2) is 10.1. The van der Waals surface area contributed by atoms with Crippen molar-refractivity contribution in [2.75, 3.05) is 18.1 Å². The third-order valence-corrected chi connectivity index (χ3v) is 3.89. The van der Waals surface area contributed by atoms with E-state index in [4.69, 9.17) is 4.74 Å².